The Hall–Kier alpha value is -3.47. The van der Waals surface area contributed by atoms with Crippen molar-refractivity contribution in [1.82, 2.24) is 19.4 Å². The molecule has 0 spiro atoms. The SMILES string of the molecule is OCC1C(O)c2nc3ccc(-c4cnc(N5CCOCC5)nc4)cn3c2C1c1ccccc1CC(F)F. The molecule has 3 aromatic heterocycles. The third-order valence-electron chi connectivity index (χ3n) is 7.33. The second kappa shape index (κ2) is 9.77. The summed E-state index contributed by atoms with van der Waals surface area (Å²) >= 11 is 0. The van der Waals surface area contributed by atoms with Crippen LogP contribution in [0.25, 0.3) is 16.8 Å². The number of nitrogens with zero attached hydrogens (tertiary/aromatic N) is 5. The van der Waals surface area contributed by atoms with Gasteiger partial charge in [0.2, 0.25) is 12.4 Å². The summed E-state index contributed by atoms with van der Waals surface area (Å²) in [5, 5.41) is 21.3. The molecule has 0 amide bonds. The zero-order valence-electron chi connectivity index (χ0n) is 20.0. The first-order chi connectivity index (χ1) is 18.0. The summed E-state index contributed by atoms with van der Waals surface area (Å²) < 4.78 is 34.1. The lowest BCUT2D eigenvalue weighted by molar-refractivity contribution is 0.0701. The molecule has 10 heteroatoms. The average Bonchev–Trinajstić information content (AvgIpc) is 3.43. The van der Waals surface area contributed by atoms with Crippen LogP contribution in [0.15, 0.2) is 55.0 Å². The van der Waals surface area contributed by atoms with Gasteiger partial charge in [0.15, 0.2) is 0 Å². The van der Waals surface area contributed by atoms with Crippen molar-refractivity contribution in [2.24, 2.45) is 5.92 Å². The van der Waals surface area contributed by atoms with Gasteiger partial charge in [0, 0.05) is 67.7 Å². The van der Waals surface area contributed by atoms with Crippen LogP contribution in [0.5, 0.6) is 0 Å². The number of benzene rings is 1. The van der Waals surface area contributed by atoms with E-state index in [1.54, 1.807) is 36.7 Å². The highest BCUT2D eigenvalue weighted by Gasteiger charge is 2.45. The van der Waals surface area contributed by atoms with Crippen LogP contribution in [0.2, 0.25) is 0 Å². The number of aromatic nitrogens is 4. The van der Waals surface area contributed by atoms with Crippen molar-refractivity contribution in [3.05, 3.63) is 77.5 Å². The van der Waals surface area contributed by atoms with Gasteiger partial charge in [-0.2, -0.15) is 0 Å². The first-order valence-corrected chi connectivity index (χ1v) is 12.4. The summed E-state index contributed by atoms with van der Waals surface area (Å²) in [6.07, 6.45) is 1.54. The Morgan fingerprint density at radius 2 is 1.78 bits per heavy atom. The maximum absolute atomic E-state index is 13.4. The highest BCUT2D eigenvalue weighted by atomic mass is 19.3. The first-order valence-electron chi connectivity index (χ1n) is 12.4. The average molecular weight is 508 g/mol. The number of hydrogen-bond donors (Lipinski definition) is 2. The Balaban J connectivity index is 1.42. The number of aliphatic hydroxyl groups is 2. The molecule has 4 aromatic rings. The number of alkyl halides is 2. The molecule has 3 unspecified atom stereocenters. The molecule has 0 bridgehead atoms. The number of ether oxygens (including phenoxy) is 1. The number of halogens is 2. The van der Waals surface area contributed by atoms with E-state index in [-0.39, 0.29) is 6.61 Å². The number of hydrogen-bond acceptors (Lipinski definition) is 7. The highest BCUT2D eigenvalue weighted by molar-refractivity contribution is 5.65. The lowest BCUT2D eigenvalue weighted by atomic mass is 9.84. The number of imidazole rings is 1. The van der Waals surface area contributed by atoms with Crippen molar-refractivity contribution in [1.29, 1.82) is 0 Å². The second-order valence-corrected chi connectivity index (χ2v) is 9.46. The van der Waals surface area contributed by atoms with Crippen molar-refractivity contribution in [3.63, 3.8) is 0 Å². The monoisotopic (exact) mass is 507 g/mol. The Morgan fingerprint density at radius 3 is 2.51 bits per heavy atom. The third-order valence-corrected chi connectivity index (χ3v) is 7.33. The molecule has 2 N–H and O–H groups in total. The van der Waals surface area contributed by atoms with Crippen LogP contribution in [0.4, 0.5) is 14.7 Å². The minimum Gasteiger partial charge on any atom is -0.396 e. The summed E-state index contributed by atoms with van der Waals surface area (Å²) in [5.41, 5.74) is 4.63. The van der Waals surface area contributed by atoms with E-state index in [0.29, 0.717) is 47.3 Å². The molecule has 1 saturated heterocycles. The molecule has 3 atom stereocenters. The minimum absolute atomic E-state index is 0.302. The van der Waals surface area contributed by atoms with Crippen LogP contribution >= 0.6 is 0 Å². The van der Waals surface area contributed by atoms with E-state index in [0.717, 1.165) is 24.2 Å². The number of fused-ring (bicyclic) bond motifs is 3. The number of rotatable bonds is 6. The standard InChI is InChI=1S/C27H27F2N5O3/c28-21(29)11-16-3-1-2-4-19(16)23-20(15-35)26(36)24-25(23)34-14-17(5-6-22(34)32-24)18-12-30-27(31-13-18)33-7-9-37-10-8-33/h1-6,12-14,20-21,23,26,35-36H,7-11,15H2. The molecule has 37 heavy (non-hydrogen) atoms. The summed E-state index contributed by atoms with van der Waals surface area (Å²) in [6, 6.07) is 10.8. The lowest BCUT2D eigenvalue weighted by Crippen LogP contribution is -2.37. The quantitative estimate of drug-likeness (QED) is 0.414. The predicted octanol–water partition coefficient (Wildman–Crippen LogP) is 3.22. The van der Waals surface area contributed by atoms with Crippen molar-refractivity contribution >= 4 is 11.6 Å². The van der Waals surface area contributed by atoms with Crippen LogP contribution < -0.4 is 4.90 Å². The van der Waals surface area contributed by atoms with Crippen LogP contribution in [0, 0.1) is 5.92 Å². The zero-order chi connectivity index (χ0) is 25.5. The fourth-order valence-electron chi connectivity index (χ4n) is 5.54. The molecule has 4 heterocycles. The number of anilines is 1. The van der Waals surface area contributed by atoms with E-state index in [9.17, 15) is 19.0 Å². The molecular formula is C27H27F2N5O3. The van der Waals surface area contributed by atoms with Gasteiger partial charge in [-0.15, -0.1) is 0 Å². The maximum Gasteiger partial charge on any atom is 0.242 e. The molecule has 1 aliphatic carbocycles. The molecule has 8 nitrogen and oxygen atoms in total. The topological polar surface area (TPSA) is 96.0 Å². The number of aliphatic hydroxyl groups excluding tert-OH is 2. The van der Waals surface area contributed by atoms with Gasteiger partial charge in [-0.05, 0) is 23.3 Å². The van der Waals surface area contributed by atoms with Gasteiger partial charge in [-0.3, -0.25) is 0 Å². The molecule has 6 rings (SSSR count). The van der Waals surface area contributed by atoms with Gasteiger partial charge in [-0.25, -0.2) is 23.7 Å². The van der Waals surface area contributed by atoms with Gasteiger partial charge in [0.1, 0.15) is 11.8 Å². The Morgan fingerprint density at radius 1 is 1.03 bits per heavy atom. The van der Waals surface area contributed by atoms with Crippen LogP contribution in [-0.4, -0.2) is 68.9 Å². The molecule has 0 saturated carbocycles. The van der Waals surface area contributed by atoms with Crippen molar-refractivity contribution < 1.29 is 23.7 Å². The van der Waals surface area contributed by atoms with Gasteiger partial charge >= 0.3 is 0 Å². The zero-order valence-corrected chi connectivity index (χ0v) is 20.0. The summed E-state index contributed by atoms with van der Waals surface area (Å²) in [5.74, 6) is -0.426. The van der Waals surface area contributed by atoms with E-state index in [2.05, 4.69) is 19.9 Å². The molecule has 192 valence electrons. The summed E-state index contributed by atoms with van der Waals surface area (Å²) in [7, 11) is 0. The fourth-order valence-corrected chi connectivity index (χ4v) is 5.54. The number of pyridine rings is 1. The molecular weight excluding hydrogens is 480 g/mol. The van der Waals surface area contributed by atoms with Gasteiger partial charge in [0.25, 0.3) is 0 Å². The van der Waals surface area contributed by atoms with Gasteiger partial charge in [-0.1, -0.05) is 24.3 Å². The van der Waals surface area contributed by atoms with Crippen LogP contribution in [0.3, 0.4) is 0 Å². The third kappa shape index (κ3) is 4.24. The Labute approximate surface area is 212 Å². The van der Waals surface area contributed by atoms with Crippen molar-refractivity contribution in [3.8, 4) is 11.1 Å². The fraction of sp³-hybridized carbons (Fsp3) is 0.370. The molecule has 2 aliphatic rings. The Bertz CT molecular complexity index is 1410. The van der Waals surface area contributed by atoms with Gasteiger partial charge in [0.05, 0.1) is 24.6 Å². The largest absolute Gasteiger partial charge is 0.396 e. The van der Waals surface area contributed by atoms with E-state index in [1.165, 1.54) is 0 Å². The first kappa shape index (κ1) is 23.9. The van der Waals surface area contributed by atoms with Crippen molar-refractivity contribution in [2.75, 3.05) is 37.8 Å². The van der Waals surface area contributed by atoms with E-state index >= 15 is 0 Å². The van der Waals surface area contributed by atoms with Crippen LogP contribution in [0.1, 0.15) is 34.5 Å². The van der Waals surface area contributed by atoms with E-state index < -0.39 is 30.8 Å². The molecule has 0 radical (unpaired) electrons. The number of morpholine rings is 1. The maximum atomic E-state index is 13.4. The molecule has 1 aliphatic heterocycles. The molecule has 1 aromatic carbocycles. The molecule has 1 fully saturated rings. The predicted molar refractivity (Wildman–Crippen MR) is 133 cm³/mol. The highest BCUT2D eigenvalue weighted by Crippen LogP contribution is 2.49. The summed E-state index contributed by atoms with van der Waals surface area (Å²) in [4.78, 5) is 15.8. The van der Waals surface area contributed by atoms with Crippen molar-refractivity contribution in [2.45, 2.75) is 24.9 Å². The Kier molecular flexibility index (Phi) is 6.31. The van der Waals surface area contributed by atoms with Crippen LogP contribution in [-0.2, 0) is 11.2 Å². The van der Waals surface area contributed by atoms with E-state index in [4.69, 9.17) is 4.74 Å². The lowest BCUT2D eigenvalue weighted by Gasteiger charge is -2.26. The summed E-state index contributed by atoms with van der Waals surface area (Å²) in [6.45, 7) is 2.49. The van der Waals surface area contributed by atoms with E-state index in [1.807, 2.05) is 22.7 Å². The smallest absolute Gasteiger partial charge is 0.242 e. The second-order valence-electron chi connectivity index (χ2n) is 9.46. The van der Waals surface area contributed by atoms with Gasteiger partial charge < -0.3 is 24.3 Å². The minimum atomic E-state index is -2.51. The normalized spacial score (nSPS) is 21.6.